The lowest BCUT2D eigenvalue weighted by molar-refractivity contribution is -0.137. The quantitative estimate of drug-likeness (QED) is 0.673. The van der Waals surface area contributed by atoms with Crippen molar-refractivity contribution in [2.75, 3.05) is 18.0 Å². The van der Waals surface area contributed by atoms with Crippen molar-refractivity contribution in [1.82, 2.24) is 4.57 Å². The molecule has 8 heteroatoms. The van der Waals surface area contributed by atoms with Crippen LogP contribution in [0.25, 0.3) is 10.9 Å². The van der Waals surface area contributed by atoms with Crippen molar-refractivity contribution in [1.29, 1.82) is 5.26 Å². The molecule has 0 radical (unpaired) electrons. The minimum atomic E-state index is -4.49. The highest BCUT2D eigenvalue weighted by molar-refractivity contribution is 5.94. The van der Waals surface area contributed by atoms with Gasteiger partial charge < -0.3 is 14.6 Å². The van der Waals surface area contributed by atoms with Crippen LogP contribution in [0, 0.1) is 11.3 Å². The molecule has 2 heterocycles. The predicted molar refractivity (Wildman–Crippen MR) is 111 cm³/mol. The summed E-state index contributed by atoms with van der Waals surface area (Å²) in [5, 5.41) is 21.5. The summed E-state index contributed by atoms with van der Waals surface area (Å²) in [6.07, 6.45) is -4.15. The van der Waals surface area contributed by atoms with Crippen LogP contribution in [0.4, 0.5) is 18.9 Å². The third kappa shape index (κ3) is 3.55. The van der Waals surface area contributed by atoms with E-state index in [-0.39, 0.29) is 24.0 Å². The zero-order chi connectivity index (χ0) is 22.4. The molecule has 0 unspecified atom stereocenters. The second kappa shape index (κ2) is 7.43. The molecule has 0 atom stereocenters. The first-order chi connectivity index (χ1) is 14.7. The minimum Gasteiger partial charge on any atom is -0.385 e. The topological polar surface area (TPSA) is 69.3 Å². The Bertz CT molecular complexity index is 1250. The van der Waals surface area contributed by atoms with Gasteiger partial charge in [0.1, 0.15) is 11.6 Å². The normalized spacial score (nSPS) is 16.3. The van der Waals surface area contributed by atoms with Crippen LogP contribution in [0.1, 0.15) is 29.5 Å². The SMILES string of the molecule is Cn1c(=O)c(C#N)c(N2CCC(O)(c3cccc(C(F)(F)F)c3)CC2)c2ccccc21. The molecular weight excluding hydrogens is 407 g/mol. The van der Waals surface area contributed by atoms with E-state index < -0.39 is 22.9 Å². The molecule has 4 rings (SSSR count). The van der Waals surface area contributed by atoms with Crippen LogP contribution in [-0.4, -0.2) is 22.8 Å². The van der Waals surface area contributed by atoms with Crippen LogP contribution in [0.2, 0.25) is 0 Å². The highest BCUT2D eigenvalue weighted by Crippen LogP contribution is 2.39. The summed E-state index contributed by atoms with van der Waals surface area (Å²) in [6, 6.07) is 14.0. The van der Waals surface area contributed by atoms with Crippen molar-refractivity contribution in [3.05, 3.63) is 75.6 Å². The largest absolute Gasteiger partial charge is 0.416 e. The number of benzene rings is 2. The molecule has 1 fully saturated rings. The number of rotatable bonds is 2. The number of hydrogen-bond acceptors (Lipinski definition) is 4. The lowest BCUT2D eigenvalue weighted by Crippen LogP contribution is -2.43. The number of nitrogens with zero attached hydrogens (tertiary/aromatic N) is 3. The second-order valence-corrected chi connectivity index (χ2v) is 7.81. The van der Waals surface area contributed by atoms with Gasteiger partial charge in [-0.25, -0.2) is 0 Å². The van der Waals surface area contributed by atoms with Gasteiger partial charge in [0.25, 0.3) is 5.56 Å². The van der Waals surface area contributed by atoms with Gasteiger partial charge in [0.2, 0.25) is 0 Å². The van der Waals surface area contributed by atoms with Gasteiger partial charge in [-0.15, -0.1) is 0 Å². The van der Waals surface area contributed by atoms with Gasteiger partial charge in [0.15, 0.2) is 0 Å². The van der Waals surface area contributed by atoms with Gasteiger partial charge in [-0.2, -0.15) is 18.4 Å². The van der Waals surface area contributed by atoms with Crippen molar-refractivity contribution >= 4 is 16.6 Å². The van der Waals surface area contributed by atoms with E-state index >= 15 is 0 Å². The van der Waals surface area contributed by atoms with Crippen molar-refractivity contribution in [3.8, 4) is 6.07 Å². The number of alkyl halides is 3. The van der Waals surface area contributed by atoms with Crippen LogP contribution in [0.5, 0.6) is 0 Å². The zero-order valence-corrected chi connectivity index (χ0v) is 16.8. The minimum absolute atomic E-state index is 0.0192. The number of aromatic nitrogens is 1. The summed E-state index contributed by atoms with van der Waals surface area (Å²) >= 11 is 0. The van der Waals surface area contributed by atoms with E-state index in [1.165, 1.54) is 16.7 Å². The Morgan fingerprint density at radius 3 is 2.42 bits per heavy atom. The first-order valence-electron chi connectivity index (χ1n) is 9.82. The van der Waals surface area contributed by atoms with E-state index in [0.29, 0.717) is 24.3 Å². The second-order valence-electron chi connectivity index (χ2n) is 7.81. The average molecular weight is 427 g/mol. The summed E-state index contributed by atoms with van der Waals surface area (Å²) in [5.41, 5.74) is -1.20. The van der Waals surface area contributed by atoms with Gasteiger partial charge in [0.05, 0.1) is 22.4 Å². The molecule has 1 aliphatic rings. The molecule has 1 N–H and O–H groups in total. The first-order valence-corrected chi connectivity index (χ1v) is 9.82. The number of anilines is 1. The van der Waals surface area contributed by atoms with E-state index in [4.69, 9.17) is 0 Å². The van der Waals surface area contributed by atoms with Gasteiger partial charge in [-0.05, 0) is 36.6 Å². The van der Waals surface area contributed by atoms with E-state index in [9.17, 15) is 28.3 Å². The fourth-order valence-electron chi connectivity index (χ4n) is 4.28. The summed E-state index contributed by atoms with van der Waals surface area (Å²) in [7, 11) is 1.61. The lowest BCUT2D eigenvalue weighted by Gasteiger charge is -2.40. The number of halogens is 3. The molecule has 0 aliphatic carbocycles. The number of fused-ring (bicyclic) bond motifs is 1. The van der Waals surface area contributed by atoms with E-state index in [1.807, 2.05) is 23.1 Å². The Morgan fingerprint density at radius 1 is 1.10 bits per heavy atom. The molecule has 3 aromatic rings. The number of pyridine rings is 1. The fourth-order valence-corrected chi connectivity index (χ4v) is 4.28. The van der Waals surface area contributed by atoms with Gasteiger partial charge in [0, 0.05) is 25.5 Å². The van der Waals surface area contributed by atoms with Crippen LogP contribution in [-0.2, 0) is 18.8 Å². The summed E-state index contributed by atoms with van der Waals surface area (Å²) in [4.78, 5) is 14.6. The molecule has 160 valence electrons. The Balaban J connectivity index is 1.71. The zero-order valence-electron chi connectivity index (χ0n) is 16.8. The Hall–Kier alpha value is -3.31. The van der Waals surface area contributed by atoms with Crippen molar-refractivity contribution in [2.45, 2.75) is 24.6 Å². The average Bonchev–Trinajstić information content (AvgIpc) is 2.76. The third-order valence-electron chi connectivity index (χ3n) is 6.02. The number of aliphatic hydroxyl groups is 1. The monoisotopic (exact) mass is 427 g/mol. The van der Waals surface area contributed by atoms with Crippen LogP contribution in [0.3, 0.4) is 0 Å². The van der Waals surface area contributed by atoms with Gasteiger partial charge in [-0.3, -0.25) is 4.79 Å². The summed E-state index contributed by atoms with van der Waals surface area (Å²) < 4.78 is 40.7. The highest BCUT2D eigenvalue weighted by atomic mass is 19.4. The maximum absolute atomic E-state index is 13.1. The van der Waals surface area contributed by atoms with Crippen LogP contribution in [0.15, 0.2) is 53.3 Å². The Kier molecular flexibility index (Phi) is 5.02. The van der Waals surface area contributed by atoms with Crippen LogP contribution >= 0.6 is 0 Å². The maximum atomic E-state index is 13.1. The van der Waals surface area contributed by atoms with Crippen molar-refractivity contribution in [3.63, 3.8) is 0 Å². The molecule has 0 saturated carbocycles. The molecule has 1 saturated heterocycles. The van der Waals surface area contributed by atoms with Gasteiger partial charge >= 0.3 is 6.18 Å². The molecule has 0 spiro atoms. The molecule has 1 aliphatic heterocycles. The molecular formula is C23H20F3N3O2. The standard InChI is InChI=1S/C23H20F3N3O2/c1-28-19-8-3-2-7-17(19)20(18(14-27)21(28)30)29-11-9-22(31,10-12-29)15-5-4-6-16(13-15)23(24,25)26/h2-8,13,31H,9-12H2,1H3. The van der Waals surface area contributed by atoms with Gasteiger partial charge in [-0.1, -0.05) is 30.3 Å². The predicted octanol–water partition coefficient (Wildman–Crippen LogP) is 3.92. The number of hydrogen-bond donors (Lipinski definition) is 1. The number of aryl methyl sites for hydroxylation is 1. The van der Waals surface area contributed by atoms with E-state index in [1.54, 1.807) is 19.2 Å². The number of piperidine rings is 1. The molecule has 0 bridgehead atoms. The molecule has 1 aromatic heterocycles. The van der Waals surface area contributed by atoms with Crippen molar-refractivity contribution < 1.29 is 18.3 Å². The molecule has 2 aromatic carbocycles. The summed E-state index contributed by atoms with van der Waals surface area (Å²) in [5.74, 6) is 0. The van der Waals surface area contributed by atoms with E-state index in [0.717, 1.165) is 17.5 Å². The maximum Gasteiger partial charge on any atom is 0.416 e. The van der Waals surface area contributed by atoms with E-state index in [2.05, 4.69) is 0 Å². The Morgan fingerprint density at radius 2 is 1.77 bits per heavy atom. The lowest BCUT2D eigenvalue weighted by atomic mass is 9.83. The molecule has 31 heavy (non-hydrogen) atoms. The fraction of sp³-hybridized carbons (Fsp3) is 0.304. The summed E-state index contributed by atoms with van der Waals surface area (Å²) in [6.45, 7) is 0.581. The first kappa shape index (κ1) is 20.9. The number of para-hydroxylation sites is 1. The van der Waals surface area contributed by atoms with Crippen LogP contribution < -0.4 is 10.5 Å². The van der Waals surface area contributed by atoms with Crippen molar-refractivity contribution in [2.24, 2.45) is 7.05 Å². The molecule has 0 amide bonds. The Labute approximate surface area is 176 Å². The number of nitriles is 1. The third-order valence-corrected chi connectivity index (χ3v) is 6.02. The molecule has 5 nitrogen and oxygen atoms in total. The smallest absolute Gasteiger partial charge is 0.385 e. The highest BCUT2D eigenvalue weighted by Gasteiger charge is 2.38.